The molecule has 1 aromatic heterocycles. The van der Waals surface area contributed by atoms with Crippen LogP contribution in [0, 0.1) is 5.92 Å². The van der Waals surface area contributed by atoms with E-state index in [0.717, 1.165) is 19.3 Å². The normalized spacial score (nSPS) is 15.7. The fraction of sp³-hybridized carbons (Fsp3) is 0.316. The standard InChI is InChI=1S/C19H21N3O3S/c1-12-7-8-15-14(9-12)10-16(26-15)19(25)22-21-17(23)11-20-18(24)13-5-3-2-4-6-13/h2-6,10,12H,7-9,11H2,1H3,(H,20,24)(H,21,23)(H,22,25)/t12-/m1/s1. The first-order chi connectivity index (χ1) is 12.5. The SMILES string of the molecule is C[C@@H]1CCc2sc(C(=O)NNC(=O)CNC(=O)c3ccccc3)cc2C1. The van der Waals surface area contributed by atoms with E-state index in [4.69, 9.17) is 0 Å². The maximum atomic E-state index is 12.2. The molecule has 0 saturated carbocycles. The number of hydrazine groups is 1. The van der Waals surface area contributed by atoms with Gasteiger partial charge in [-0.05, 0) is 48.9 Å². The van der Waals surface area contributed by atoms with Gasteiger partial charge in [0.25, 0.3) is 17.7 Å². The summed E-state index contributed by atoms with van der Waals surface area (Å²) in [5.41, 5.74) is 6.44. The highest BCUT2D eigenvalue weighted by Crippen LogP contribution is 2.32. The maximum absolute atomic E-state index is 12.2. The predicted molar refractivity (Wildman–Crippen MR) is 99.9 cm³/mol. The quantitative estimate of drug-likeness (QED) is 0.719. The summed E-state index contributed by atoms with van der Waals surface area (Å²) in [7, 11) is 0. The average Bonchev–Trinajstić information content (AvgIpc) is 3.08. The second-order valence-electron chi connectivity index (χ2n) is 6.46. The second kappa shape index (κ2) is 8.14. The molecule has 0 spiro atoms. The van der Waals surface area contributed by atoms with Gasteiger partial charge in [-0.2, -0.15) is 0 Å². The van der Waals surface area contributed by atoms with E-state index in [0.29, 0.717) is 16.4 Å². The van der Waals surface area contributed by atoms with Gasteiger partial charge in [-0.1, -0.05) is 25.1 Å². The molecule has 0 bridgehead atoms. The molecule has 7 heteroatoms. The second-order valence-corrected chi connectivity index (χ2v) is 7.59. The number of aryl methyl sites for hydroxylation is 1. The van der Waals surface area contributed by atoms with E-state index in [1.807, 2.05) is 12.1 Å². The Balaban J connectivity index is 1.46. The molecule has 1 aliphatic carbocycles. The van der Waals surface area contributed by atoms with E-state index >= 15 is 0 Å². The van der Waals surface area contributed by atoms with Crippen LogP contribution < -0.4 is 16.2 Å². The van der Waals surface area contributed by atoms with Gasteiger partial charge in [0.05, 0.1) is 11.4 Å². The van der Waals surface area contributed by atoms with Crippen molar-refractivity contribution < 1.29 is 14.4 Å². The monoisotopic (exact) mass is 371 g/mol. The van der Waals surface area contributed by atoms with Crippen LogP contribution in [0.3, 0.4) is 0 Å². The number of carbonyl (C=O) groups is 3. The first-order valence-corrected chi connectivity index (χ1v) is 9.38. The van der Waals surface area contributed by atoms with Crippen LogP contribution in [0.5, 0.6) is 0 Å². The van der Waals surface area contributed by atoms with Crippen molar-refractivity contribution in [2.45, 2.75) is 26.2 Å². The summed E-state index contributed by atoms with van der Waals surface area (Å²) < 4.78 is 0. The average molecular weight is 371 g/mol. The lowest BCUT2D eigenvalue weighted by Gasteiger charge is -2.16. The lowest BCUT2D eigenvalue weighted by molar-refractivity contribution is -0.120. The molecule has 136 valence electrons. The zero-order valence-electron chi connectivity index (χ0n) is 14.5. The van der Waals surface area contributed by atoms with Crippen LogP contribution in [-0.4, -0.2) is 24.3 Å². The lowest BCUT2D eigenvalue weighted by atomic mass is 9.90. The van der Waals surface area contributed by atoms with E-state index in [1.165, 1.54) is 21.8 Å². The Labute approximate surface area is 156 Å². The summed E-state index contributed by atoms with van der Waals surface area (Å²) in [6.07, 6.45) is 3.15. The summed E-state index contributed by atoms with van der Waals surface area (Å²) in [4.78, 5) is 37.7. The highest BCUT2D eigenvalue weighted by atomic mass is 32.1. The summed E-state index contributed by atoms with van der Waals surface area (Å²) in [5.74, 6) is -0.523. The Morgan fingerprint density at radius 3 is 2.65 bits per heavy atom. The largest absolute Gasteiger partial charge is 0.343 e. The van der Waals surface area contributed by atoms with Gasteiger partial charge in [0, 0.05) is 10.4 Å². The molecule has 1 aromatic carbocycles. The number of benzene rings is 1. The van der Waals surface area contributed by atoms with E-state index in [-0.39, 0.29) is 18.4 Å². The summed E-state index contributed by atoms with van der Waals surface area (Å²) in [6, 6.07) is 10.5. The third kappa shape index (κ3) is 4.49. The molecular formula is C19H21N3O3S. The first kappa shape index (κ1) is 18.1. The Morgan fingerprint density at radius 1 is 1.12 bits per heavy atom. The predicted octanol–water partition coefficient (Wildman–Crippen LogP) is 2.06. The number of hydrogen-bond donors (Lipinski definition) is 3. The van der Waals surface area contributed by atoms with Crippen LogP contribution in [0.25, 0.3) is 0 Å². The molecule has 1 aliphatic rings. The molecule has 3 rings (SSSR count). The Kier molecular flexibility index (Phi) is 5.68. The first-order valence-electron chi connectivity index (χ1n) is 8.57. The van der Waals surface area contributed by atoms with Crippen molar-refractivity contribution in [2.75, 3.05) is 6.54 Å². The van der Waals surface area contributed by atoms with Gasteiger partial charge in [-0.25, -0.2) is 0 Å². The van der Waals surface area contributed by atoms with Gasteiger partial charge < -0.3 is 5.32 Å². The van der Waals surface area contributed by atoms with Gasteiger partial charge >= 0.3 is 0 Å². The molecule has 6 nitrogen and oxygen atoms in total. The van der Waals surface area contributed by atoms with Crippen molar-refractivity contribution in [3.63, 3.8) is 0 Å². The van der Waals surface area contributed by atoms with Crippen LogP contribution in [-0.2, 0) is 17.6 Å². The minimum Gasteiger partial charge on any atom is -0.343 e. The van der Waals surface area contributed by atoms with Crippen molar-refractivity contribution in [1.82, 2.24) is 16.2 Å². The Bertz CT molecular complexity index is 817. The number of hydrogen-bond acceptors (Lipinski definition) is 4. The van der Waals surface area contributed by atoms with E-state index in [2.05, 4.69) is 23.1 Å². The third-order valence-electron chi connectivity index (χ3n) is 4.31. The molecule has 26 heavy (non-hydrogen) atoms. The van der Waals surface area contributed by atoms with Crippen LogP contribution in [0.15, 0.2) is 36.4 Å². The molecule has 2 aromatic rings. The minimum atomic E-state index is -0.488. The zero-order valence-corrected chi connectivity index (χ0v) is 15.3. The molecule has 0 aliphatic heterocycles. The van der Waals surface area contributed by atoms with Crippen LogP contribution >= 0.6 is 11.3 Å². The number of fused-ring (bicyclic) bond motifs is 1. The molecule has 3 amide bonds. The molecule has 0 radical (unpaired) electrons. The Morgan fingerprint density at radius 2 is 1.88 bits per heavy atom. The van der Waals surface area contributed by atoms with Gasteiger partial charge in [0.15, 0.2) is 0 Å². The van der Waals surface area contributed by atoms with E-state index in [1.54, 1.807) is 24.3 Å². The Hall–Kier alpha value is -2.67. The van der Waals surface area contributed by atoms with Crippen molar-refractivity contribution >= 4 is 29.1 Å². The molecule has 0 saturated heterocycles. The number of rotatable bonds is 4. The van der Waals surface area contributed by atoms with Gasteiger partial charge in [0.2, 0.25) is 0 Å². The molecule has 1 heterocycles. The lowest BCUT2D eigenvalue weighted by Crippen LogP contribution is -2.46. The summed E-state index contributed by atoms with van der Waals surface area (Å²) in [5, 5.41) is 2.51. The maximum Gasteiger partial charge on any atom is 0.279 e. The fourth-order valence-corrected chi connectivity index (χ4v) is 4.01. The smallest absolute Gasteiger partial charge is 0.279 e. The van der Waals surface area contributed by atoms with Gasteiger partial charge in [-0.3, -0.25) is 25.2 Å². The summed E-state index contributed by atoms with van der Waals surface area (Å²) >= 11 is 1.48. The van der Waals surface area contributed by atoms with E-state index in [9.17, 15) is 14.4 Å². The molecule has 3 N–H and O–H groups in total. The van der Waals surface area contributed by atoms with Crippen molar-refractivity contribution in [1.29, 1.82) is 0 Å². The molecule has 0 fully saturated rings. The highest BCUT2D eigenvalue weighted by Gasteiger charge is 2.20. The zero-order chi connectivity index (χ0) is 18.5. The third-order valence-corrected chi connectivity index (χ3v) is 5.55. The van der Waals surface area contributed by atoms with Crippen LogP contribution in [0.1, 0.15) is 43.8 Å². The number of carbonyl (C=O) groups excluding carboxylic acids is 3. The van der Waals surface area contributed by atoms with Gasteiger partial charge in [-0.15, -0.1) is 11.3 Å². The number of nitrogens with one attached hydrogen (secondary N) is 3. The topological polar surface area (TPSA) is 87.3 Å². The van der Waals surface area contributed by atoms with Crippen LogP contribution in [0.4, 0.5) is 0 Å². The fourth-order valence-electron chi connectivity index (χ4n) is 2.90. The minimum absolute atomic E-state index is 0.216. The van der Waals surface area contributed by atoms with Gasteiger partial charge in [0.1, 0.15) is 0 Å². The van der Waals surface area contributed by atoms with Crippen molar-refractivity contribution in [2.24, 2.45) is 5.92 Å². The number of thiophene rings is 1. The molecular weight excluding hydrogens is 350 g/mol. The van der Waals surface area contributed by atoms with Crippen molar-refractivity contribution in [3.8, 4) is 0 Å². The summed E-state index contributed by atoms with van der Waals surface area (Å²) in [6.45, 7) is 2.00. The highest BCUT2D eigenvalue weighted by molar-refractivity contribution is 7.14. The van der Waals surface area contributed by atoms with Crippen LogP contribution in [0.2, 0.25) is 0 Å². The number of amides is 3. The molecule has 1 atom stereocenters. The van der Waals surface area contributed by atoms with E-state index < -0.39 is 5.91 Å². The molecule has 0 unspecified atom stereocenters. The van der Waals surface area contributed by atoms with Crippen molar-refractivity contribution in [3.05, 3.63) is 57.3 Å².